The molecule has 9 heteroatoms. The standard InChI is InChI=1S/C30H29F3O6/c1-29(2,36)16-38-19-5-3-17(4-6-19)28-23-10-12-25(22(23)9-11-24(28)30(31,32)33)39-20-7-8-21-18(13-27(34)35)15-37-26(21)14-20/h3-9,11,14,18,25,36H,10,12-13,15-16H2,1-2H3,(H,34,35)/t18?,25-/m1/s1. The van der Waals surface area contributed by atoms with Crippen LogP contribution < -0.4 is 14.2 Å². The molecule has 1 aliphatic heterocycles. The summed E-state index contributed by atoms with van der Waals surface area (Å²) < 4.78 is 59.7. The third-order valence-electron chi connectivity index (χ3n) is 6.96. The number of benzene rings is 3. The second kappa shape index (κ2) is 10.1. The van der Waals surface area contributed by atoms with E-state index in [9.17, 15) is 23.1 Å². The maximum atomic E-state index is 14.1. The number of aliphatic carboxylic acids is 1. The van der Waals surface area contributed by atoms with E-state index in [-0.39, 0.29) is 31.1 Å². The van der Waals surface area contributed by atoms with Gasteiger partial charge in [0.1, 0.15) is 30.0 Å². The zero-order valence-electron chi connectivity index (χ0n) is 21.5. The number of carboxylic acid groups (broad SMARTS) is 1. The summed E-state index contributed by atoms with van der Waals surface area (Å²) in [6.07, 6.45) is -4.08. The minimum atomic E-state index is -4.54. The Hall–Kier alpha value is -3.72. The number of fused-ring (bicyclic) bond motifs is 2. The molecule has 39 heavy (non-hydrogen) atoms. The first-order chi connectivity index (χ1) is 18.4. The molecule has 2 N–H and O–H groups in total. The molecule has 0 fully saturated rings. The van der Waals surface area contributed by atoms with Gasteiger partial charge in [-0.15, -0.1) is 0 Å². The molecule has 2 atom stereocenters. The first-order valence-electron chi connectivity index (χ1n) is 12.7. The van der Waals surface area contributed by atoms with Gasteiger partial charge in [0.2, 0.25) is 0 Å². The van der Waals surface area contributed by atoms with Gasteiger partial charge in [-0.3, -0.25) is 4.79 Å². The van der Waals surface area contributed by atoms with Gasteiger partial charge < -0.3 is 24.4 Å². The van der Waals surface area contributed by atoms with Gasteiger partial charge in [-0.2, -0.15) is 13.2 Å². The Bertz CT molecular complexity index is 1380. The smallest absolute Gasteiger partial charge is 0.417 e. The van der Waals surface area contributed by atoms with Crippen LogP contribution in [0.25, 0.3) is 11.1 Å². The highest BCUT2D eigenvalue weighted by Crippen LogP contribution is 2.47. The predicted molar refractivity (Wildman–Crippen MR) is 137 cm³/mol. The van der Waals surface area contributed by atoms with Crippen molar-refractivity contribution in [1.82, 2.24) is 0 Å². The van der Waals surface area contributed by atoms with E-state index >= 15 is 0 Å². The number of alkyl halides is 3. The maximum Gasteiger partial charge on any atom is 0.417 e. The van der Waals surface area contributed by atoms with E-state index < -0.39 is 29.4 Å². The van der Waals surface area contributed by atoms with Crippen LogP contribution in [0.15, 0.2) is 54.6 Å². The van der Waals surface area contributed by atoms with Crippen molar-refractivity contribution >= 4 is 5.97 Å². The third kappa shape index (κ3) is 5.83. The Morgan fingerprint density at radius 3 is 2.38 bits per heavy atom. The lowest BCUT2D eigenvalue weighted by atomic mass is 9.91. The Morgan fingerprint density at radius 1 is 1.03 bits per heavy atom. The van der Waals surface area contributed by atoms with Crippen molar-refractivity contribution in [3.63, 3.8) is 0 Å². The van der Waals surface area contributed by atoms with Crippen molar-refractivity contribution in [3.05, 3.63) is 76.9 Å². The fourth-order valence-electron chi connectivity index (χ4n) is 5.21. The molecule has 1 aliphatic carbocycles. The summed E-state index contributed by atoms with van der Waals surface area (Å²) in [5.74, 6) is 0.403. The van der Waals surface area contributed by atoms with Gasteiger partial charge in [-0.1, -0.05) is 24.3 Å². The molecule has 0 spiro atoms. The van der Waals surface area contributed by atoms with E-state index in [1.54, 1.807) is 56.3 Å². The summed E-state index contributed by atoms with van der Waals surface area (Å²) in [5.41, 5.74) is 0.915. The number of hydrogen-bond acceptors (Lipinski definition) is 5. The minimum absolute atomic E-state index is 0.0277. The molecule has 206 valence electrons. The molecule has 0 bridgehead atoms. The molecule has 6 nitrogen and oxygen atoms in total. The monoisotopic (exact) mass is 542 g/mol. The molecule has 5 rings (SSSR count). The van der Waals surface area contributed by atoms with Crippen LogP contribution in [0.3, 0.4) is 0 Å². The van der Waals surface area contributed by atoms with Gasteiger partial charge in [0.15, 0.2) is 0 Å². The second-order valence-electron chi connectivity index (χ2n) is 10.6. The topological polar surface area (TPSA) is 85.2 Å². The highest BCUT2D eigenvalue weighted by molar-refractivity contribution is 5.75. The van der Waals surface area contributed by atoms with Crippen LogP contribution in [-0.2, 0) is 17.4 Å². The quantitative estimate of drug-likeness (QED) is 0.336. The molecule has 1 unspecified atom stereocenters. The van der Waals surface area contributed by atoms with Crippen LogP contribution in [0, 0.1) is 0 Å². The lowest BCUT2D eigenvalue weighted by molar-refractivity contribution is -0.138. The third-order valence-corrected chi connectivity index (χ3v) is 6.96. The van der Waals surface area contributed by atoms with Crippen molar-refractivity contribution in [3.8, 4) is 28.4 Å². The molecule has 3 aromatic carbocycles. The summed E-state index contributed by atoms with van der Waals surface area (Å²) >= 11 is 0. The zero-order chi connectivity index (χ0) is 27.9. The largest absolute Gasteiger partial charge is 0.492 e. The van der Waals surface area contributed by atoms with Crippen molar-refractivity contribution in [1.29, 1.82) is 0 Å². The Morgan fingerprint density at radius 2 is 1.72 bits per heavy atom. The van der Waals surface area contributed by atoms with Crippen LogP contribution in [-0.4, -0.2) is 35.0 Å². The Kier molecular flexibility index (Phi) is 6.97. The van der Waals surface area contributed by atoms with Gasteiger partial charge in [0, 0.05) is 17.5 Å². The Labute approximate surface area is 224 Å². The second-order valence-corrected chi connectivity index (χ2v) is 10.6. The van der Waals surface area contributed by atoms with E-state index in [2.05, 4.69) is 0 Å². The molecular weight excluding hydrogens is 513 g/mol. The molecule has 0 aromatic heterocycles. The fourth-order valence-corrected chi connectivity index (χ4v) is 5.21. The molecule has 0 saturated heterocycles. The van der Waals surface area contributed by atoms with Crippen LogP contribution in [0.2, 0.25) is 0 Å². The predicted octanol–water partition coefficient (Wildman–Crippen LogP) is 6.54. The molecule has 3 aromatic rings. The summed E-state index contributed by atoms with van der Waals surface area (Å²) in [6.45, 7) is 3.54. The number of hydrogen-bond donors (Lipinski definition) is 2. The van der Waals surface area contributed by atoms with Gasteiger partial charge in [0.25, 0.3) is 0 Å². The number of rotatable bonds is 8. The van der Waals surface area contributed by atoms with Crippen LogP contribution in [0.4, 0.5) is 13.2 Å². The van der Waals surface area contributed by atoms with Crippen LogP contribution in [0.1, 0.15) is 61.0 Å². The lowest BCUT2D eigenvalue weighted by Crippen LogP contribution is -2.27. The van der Waals surface area contributed by atoms with E-state index in [1.807, 2.05) is 0 Å². The van der Waals surface area contributed by atoms with Crippen molar-refractivity contribution in [2.45, 2.75) is 56.9 Å². The summed E-state index contributed by atoms with van der Waals surface area (Å²) in [4.78, 5) is 11.1. The molecular formula is C30H29F3O6. The van der Waals surface area contributed by atoms with Crippen molar-refractivity contribution < 1.29 is 42.4 Å². The normalized spacial score (nSPS) is 18.3. The minimum Gasteiger partial charge on any atom is -0.492 e. The van der Waals surface area contributed by atoms with Crippen molar-refractivity contribution in [2.75, 3.05) is 13.2 Å². The number of aliphatic hydroxyl groups is 1. The Balaban J connectivity index is 1.42. The number of carboxylic acids is 1. The lowest BCUT2D eigenvalue weighted by Gasteiger charge is -2.20. The van der Waals surface area contributed by atoms with Gasteiger partial charge in [0.05, 0.1) is 24.2 Å². The van der Waals surface area contributed by atoms with E-state index in [1.165, 1.54) is 6.07 Å². The fraction of sp³-hybridized carbons (Fsp3) is 0.367. The van der Waals surface area contributed by atoms with Crippen LogP contribution >= 0.6 is 0 Å². The summed E-state index contributed by atoms with van der Waals surface area (Å²) in [7, 11) is 0. The number of halogens is 3. The van der Waals surface area contributed by atoms with E-state index in [0.29, 0.717) is 46.8 Å². The summed E-state index contributed by atoms with van der Waals surface area (Å²) in [6, 6.07) is 14.3. The first-order valence-corrected chi connectivity index (χ1v) is 12.7. The highest BCUT2D eigenvalue weighted by atomic mass is 19.4. The van der Waals surface area contributed by atoms with E-state index in [4.69, 9.17) is 19.3 Å². The highest BCUT2D eigenvalue weighted by Gasteiger charge is 2.38. The number of carbonyl (C=O) groups is 1. The van der Waals surface area contributed by atoms with Crippen molar-refractivity contribution in [2.24, 2.45) is 0 Å². The van der Waals surface area contributed by atoms with Gasteiger partial charge in [-0.25, -0.2) is 0 Å². The maximum absolute atomic E-state index is 14.1. The molecule has 0 amide bonds. The van der Waals surface area contributed by atoms with Gasteiger partial charge in [-0.05, 0) is 73.2 Å². The molecule has 2 aliphatic rings. The molecule has 1 heterocycles. The number of ether oxygens (including phenoxy) is 3. The first kappa shape index (κ1) is 26.9. The van der Waals surface area contributed by atoms with E-state index in [0.717, 1.165) is 11.6 Å². The van der Waals surface area contributed by atoms with Crippen LogP contribution in [0.5, 0.6) is 17.2 Å². The zero-order valence-corrected chi connectivity index (χ0v) is 21.5. The summed E-state index contributed by atoms with van der Waals surface area (Å²) in [5, 5.41) is 19.0. The van der Waals surface area contributed by atoms with Gasteiger partial charge >= 0.3 is 12.1 Å². The average molecular weight is 543 g/mol. The average Bonchev–Trinajstić information content (AvgIpc) is 3.45. The molecule has 0 radical (unpaired) electrons. The molecule has 0 saturated carbocycles. The SMILES string of the molecule is CC(C)(O)COc1ccc(-c2c(C(F)(F)F)ccc3c2CC[C@H]3Oc2ccc3c(c2)OCC3CC(=O)O)cc1.